The van der Waals surface area contributed by atoms with Crippen molar-refractivity contribution < 1.29 is 17.6 Å². The Kier molecular flexibility index (Phi) is 6.73. The summed E-state index contributed by atoms with van der Waals surface area (Å²) in [6.45, 7) is 0.370. The van der Waals surface area contributed by atoms with E-state index < -0.39 is 21.8 Å². The Bertz CT molecular complexity index is 1250. The van der Waals surface area contributed by atoms with E-state index in [-0.39, 0.29) is 23.3 Å². The zero-order valence-electron chi connectivity index (χ0n) is 16.5. The number of amides is 1. The molecule has 1 atom stereocenters. The molecule has 8 nitrogen and oxygen atoms in total. The molecule has 168 valence electrons. The Labute approximate surface area is 199 Å². The molecule has 1 aliphatic rings. The molecule has 0 bridgehead atoms. The highest BCUT2D eigenvalue weighted by molar-refractivity contribution is 7.89. The van der Waals surface area contributed by atoms with Crippen molar-refractivity contribution in [3.63, 3.8) is 0 Å². The van der Waals surface area contributed by atoms with E-state index in [2.05, 4.69) is 15.5 Å². The predicted molar refractivity (Wildman–Crippen MR) is 121 cm³/mol. The highest BCUT2D eigenvalue weighted by atomic mass is 35.5. The molecule has 1 aliphatic heterocycles. The molecule has 0 saturated carbocycles. The van der Waals surface area contributed by atoms with Crippen molar-refractivity contribution in [3.8, 4) is 11.5 Å². The zero-order chi connectivity index (χ0) is 22.9. The first-order valence-electron chi connectivity index (χ1n) is 9.59. The van der Waals surface area contributed by atoms with Gasteiger partial charge in [0.05, 0.1) is 21.4 Å². The Morgan fingerprint density at radius 2 is 1.78 bits per heavy atom. The van der Waals surface area contributed by atoms with Gasteiger partial charge in [-0.3, -0.25) is 10.1 Å². The van der Waals surface area contributed by atoms with Gasteiger partial charge in [-0.15, -0.1) is 5.10 Å². The lowest BCUT2D eigenvalue weighted by Gasteiger charge is -2.30. The Hall–Kier alpha value is -2.17. The van der Waals surface area contributed by atoms with E-state index in [4.69, 9.17) is 39.2 Å². The topological polar surface area (TPSA) is 105 Å². The first-order valence-corrected chi connectivity index (χ1v) is 12.2. The van der Waals surface area contributed by atoms with E-state index in [1.165, 1.54) is 28.6 Å². The van der Waals surface area contributed by atoms with E-state index in [0.717, 1.165) is 0 Å². The maximum atomic E-state index is 12.9. The summed E-state index contributed by atoms with van der Waals surface area (Å²) in [5.74, 6) is -0.851. The van der Waals surface area contributed by atoms with Crippen LogP contribution in [0.5, 0.6) is 0 Å². The quantitative estimate of drug-likeness (QED) is 0.526. The van der Waals surface area contributed by atoms with Gasteiger partial charge < -0.3 is 4.42 Å². The van der Waals surface area contributed by atoms with E-state index in [1.54, 1.807) is 18.2 Å². The largest absolute Gasteiger partial charge is 0.403 e. The number of aromatic nitrogens is 2. The normalized spacial score (nSPS) is 17.3. The van der Waals surface area contributed by atoms with Crippen LogP contribution in [0.1, 0.15) is 12.8 Å². The smallest absolute Gasteiger partial charge is 0.322 e. The predicted octanol–water partition coefficient (Wildman–Crippen LogP) is 4.74. The number of sulfonamides is 1. The number of benzene rings is 2. The number of rotatable bonds is 5. The second-order valence-electron chi connectivity index (χ2n) is 7.18. The summed E-state index contributed by atoms with van der Waals surface area (Å²) in [4.78, 5) is 12.9. The third-order valence-corrected chi connectivity index (χ3v) is 7.70. The van der Waals surface area contributed by atoms with Gasteiger partial charge in [-0.05, 0) is 55.3 Å². The molecule has 32 heavy (non-hydrogen) atoms. The van der Waals surface area contributed by atoms with Crippen LogP contribution in [0.4, 0.5) is 6.01 Å². The molecular formula is C20H17Cl3N4O4S. The summed E-state index contributed by atoms with van der Waals surface area (Å²) >= 11 is 17.9. The highest BCUT2D eigenvalue weighted by Gasteiger charge is 2.34. The average Bonchev–Trinajstić information content (AvgIpc) is 3.22. The van der Waals surface area contributed by atoms with Gasteiger partial charge in [0, 0.05) is 23.1 Å². The summed E-state index contributed by atoms with van der Waals surface area (Å²) in [6.07, 6.45) is 1.07. The van der Waals surface area contributed by atoms with Crippen LogP contribution in [-0.4, -0.2) is 41.9 Å². The second-order valence-corrected chi connectivity index (χ2v) is 10.4. The third-order valence-electron chi connectivity index (χ3n) is 5.02. The first-order chi connectivity index (χ1) is 15.2. The lowest BCUT2D eigenvalue weighted by atomic mass is 9.99. The molecule has 1 unspecified atom stereocenters. The molecule has 2 aromatic carbocycles. The standard InChI is InChI=1S/C20H17Cl3N4O4S/c21-13-3-6-15(7-4-13)32(29,30)27-9-1-2-12(11-27)18(28)24-20-26-25-19(31-20)16-8-5-14(22)10-17(16)23/h3-8,10,12H,1-2,9,11H2,(H,24,26,28). The van der Waals surface area contributed by atoms with Gasteiger partial charge in [-0.1, -0.05) is 39.9 Å². The number of carbonyl (C=O) groups is 1. The van der Waals surface area contributed by atoms with Crippen LogP contribution in [0.15, 0.2) is 51.8 Å². The fourth-order valence-corrected chi connectivity index (χ4v) is 5.52. The van der Waals surface area contributed by atoms with Crippen LogP contribution in [0.2, 0.25) is 15.1 Å². The molecule has 0 spiro atoms. The minimum atomic E-state index is -3.74. The third kappa shape index (κ3) is 4.92. The van der Waals surface area contributed by atoms with Crippen LogP contribution < -0.4 is 5.32 Å². The SMILES string of the molecule is O=C(Nc1nnc(-c2ccc(Cl)cc2Cl)o1)C1CCCN(S(=O)(=O)c2ccc(Cl)cc2)C1. The fraction of sp³-hybridized carbons (Fsp3) is 0.250. The second kappa shape index (κ2) is 9.36. The van der Waals surface area contributed by atoms with E-state index in [1.807, 2.05) is 0 Å². The molecule has 4 rings (SSSR count). The monoisotopic (exact) mass is 514 g/mol. The van der Waals surface area contributed by atoms with E-state index >= 15 is 0 Å². The summed E-state index contributed by atoms with van der Waals surface area (Å²) in [6, 6.07) is 10.6. The molecule has 1 fully saturated rings. The van der Waals surface area contributed by atoms with Gasteiger partial charge >= 0.3 is 6.01 Å². The molecule has 0 aliphatic carbocycles. The van der Waals surface area contributed by atoms with Crippen molar-refractivity contribution in [1.82, 2.24) is 14.5 Å². The van der Waals surface area contributed by atoms with Crippen molar-refractivity contribution >= 4 is 56.7 Å². The molecule has 0 radical (unpaired) electrons. The molecule has 2 heterocycles. The number of nitrogens with zero attached hydrogens (tertiary/aromatic N) is 3. The van der Waals surface area contributed by atoms with Crippen LogP contribution in [0, 0.1) is 5.92 Å². The molecule has 3 aromatic rings. The number of piperidine rings is 1. The number of hydrogen-bond acceptors (Lipinski definition) is 6. The van der Waals surface area contributed by atoms with Gasteiger partial charge in [0.25, 0.3) is 5.89 Å². The van der Waals surface area contributed by atoms with Crippen LogP contribution in [0.25, 0.3) is 11.5 Å². The Morgan fingerprint density at radius 3 is 2.50 bits per heavy atom. The van der Waals surface area contributed by atoms with Gasteiger partial charge in [0.2, 0.25) is 15.9 Å². The van der Waals surface area contributed by atoms with Crippen molar-refractivity contribution in [2.24, 2.45) is 5.92 Å². The maximum Gasteiger partial charge on any atom is 0.322 e. The number of hydrogen-bond donors (Lipinski definition) is 1. The minimum absolute atomic E-state index is 0.0425. The average molecular weight is 516 g/mol. The summed E-state index contributed by atoms with van der Waals surface area (Å²) < 4.78 is 32.7. The van der Waals surface area contributed by atoms with Gasteiger partial charge in [-0.25, -0.2) is 8.42 Å². The molecular weight excluding hydrogens is 499 g/mol. The lowest BCUT2D eigenvalue weighted by molar-refractivity contribution is -0.121. The Morgan fingerprint density at radius 1 is 1.06 bits per heavy atom. The molecule has 12 heteroatoms. The molecule has 1 amide bonds. The summed E-state index contributed by atoms with van der Waals surface area (Å²) in [5, 5.41) is 11.5. The minimum Gasteiger partial charge on any atom is -0.403 e. The van der Waals surface area contributed by atoms with Crippen LogP contribution in [0.3, 0.4) is 0 Å². The summed E-state index contributed by atoms with van der Waals surface area (Å²) in [5.41, 5.74) is 0.474. The molecule has 1 saturated heterocycles. The van der Waals surface area contributed by atoms with Crippen LogP contribution >= 0.6 is 34.8 Å². The van der Waals surface area contributed by atoms with Gasteiger partial charge in [0.15, 0.2) is 0 Å². The summed E-state index contributed by atoms with van der Waals surface area (Å²) in [7, 11) is -3.74. The maximum absolute atomic E-state index is 12.9. The van der Waals surface area contributed by atoms with Crippen LogP contribution in [-0.2, 0) is 14.8 Å². The molecule has 1 N–H and O–H groups in total. The number of anilines is 1. The first kappa shape index (κ1) is 23.0. The number of halogens is 3. The lowest BCUT2D eigenvalue weighted by Crippen LogP contribution is -2.43. The fourth-order valence-electron chi connectivity index (χ4n) is 3.38. The molecule has 1 aromatic heterocycles. The zero-order valence-corrected chi connectivity index (χ0v) is 19.5. The van der Waals surface area contributed by atoms with Crippen molar-refractivity contribution in [2.75, 3.05) is 18.4 Å². The van der Waals surface area contributed by atoms with E-state index in [0.29, 0.717) is 40.0 Å². The highest BCUT2D eigenvalue weighted by Crippen LogP contribution is 2.31. The number of carbonyl (C=O) groups excluding carboxylic acids is 1. The Balaban J connectivity index is 1.45. The van der Waals surface area contributed by atoms with Crippen molar-refractivity contribution in [1.29, 1.82) is 0 Å². The van der Waals surface area contributed by atoms with Crippen molar-refractivity contribution in [2.45, 2.75) is 17.7 Å². The van der Waals surface area contributed by atoms with E-state index in [9.17, 15) is 13.2 Å². The van der Waals surface area contributed by atoms with Gasteiger partial charge in [-0.2, -0.15) is 4.31 Å². The van der Waals surface area contributed by atoms with Crippen molar-refractivity contribution in [3.05, 3.63) is 57.5 Å². The van der Waals surface area contributed by atoms with Gasteiger partial charge in [0.1, 0.15) is 0 Å². The number of nitrogens with one attached hydrogen (secondary N) is 1.